The van der Waals surface area contributed by atoms with E-state index >= 15 is 0 Å². The average molecular weight is 362 g/mol. The number of carbonyl (C=O) groups excluding carboxylic acids is 1. The molecule has 0 aromatic heterocycles. The Balaban J connectivity index is 0.000000412. The average Bonchev–Trinajstić information content (AvgIpc) is 3.22. The van der Waals surface area contributed by atoms with Crippen molar-refractivity contribution >= 4 is 5.78 Å². The molecule has 0 bridgehead atoms. The Hall–Kier alpha value is -2.93. The molecule has 3 aromatic carbocycles. The van der Waals surface area contributed by atoms with Gasteiger partial charge in [-0.1, -0.05) is 5.56 Å². The van der Waals surface area contributed by atoms with Gasteiger partial charge in [-0.2, -0.15) is 12.1 Å². The van der Waals surface area contributed by atoms with Crippen molar-refractivity contribution in [2.75, 3.05) is 0 Å². The van der Waals surface area contributed by atoms with E-state index in [9.17, 15) is 15.0 Å². The maximum atomic E-state index is 11.6. The zero-order valence-electron chi connectivity index (χ0n) is 12.5. The molecule has 0 saturated carbocycles. The van der Waals surface area contributed by atoms with Gasteiger partial charge in [-0.05, 0) is 0 Å². The number of phenols is 3. The minimum atomic E-state index is -0.410. The monoisotopic (exact) mass is 362 g/mol. The van der Waals surface area contributed by atoms with E-state index in [0.717, 1.165) is 12.1 Å². The van der Waals surface area contributed by atoms with Crippen LogP contribution in [0.1, 0.15) is 15.9 Å². The van der Waals surface area contributed by atoms with E-state index in [2.05, 4.69) is 11.8 Å². The van der Waals surface area contributed by atoms with Crippen LogP contribution in [-0.4, -0.2) is 21.1 Å². The zero-order valence-corrected chi connectivity index (χ0v) is 13.6. The maximum absolute atomic E-state index is 11.6. The molecule has 5 heteroatoms. The summed E-state index contributed by atoms with van der Waals surface area (Å²) in [6.45, 7) is 0. The van der Waals surface area contributed by atoms with Gasteiger partial charge in [0.15, 0.2) is 0 Å². The van der Waals surface area contributed by atoms with E-state index in [4.69, 9.17) is 5.11 Å². The minimum absolute atomic E-state index is 0. The molecule has 3 rings (SSSR count). The van der Waals surface area contributed by atoms with Crippen LogP contribution >= 0.6 is 0 Å². The molecule has 0 unspecified atom stereocenters. The van der Waals surface area contributed by atoms with Gasteiger partial charge in [0.25, 0.3) is 0 Å². The Morgan fingerprint density at radius 1 is 0.917 bits per heavy atom. The molecule has 0 fully saturated rings. The van der Waals surface area contributed by atoms with Crippen LogP contribution in [0.3, 0.4) is 0 Å². The van der Waals surface area contributed by atoms with Crippen molar-refractivity contribution in [1.82, 2.24) is 0 Å². The molecule has 0 aliphatic carbocycles. The van der Waals surface area contributed by atoms with Crippen molar-refractivity contribution in [2.24, 2.45) is 0 Å². The largest absolute Gasteiger partial charge is 0.748 e. The van der Waals surface area contributed by atoms with E-state index in [-0.39, 0.29) is 39.9 Å². The van der Waals surface area contributed by atoms with Crippen molar-refractivity contribution < 1.29 is 37.2 Å². The van der Waals surface area contributed by atoms with Gasteiger partial charge in [-0.15, -0.1) is 24.0 Å². The molecule has 4 nitrogen and oxygen atoms in total. The number of rotatable bonds is 1. The van der Waals surface area contributed by atoms with Gasteiger partial charge in [-0.25, -0.2) is 0 Å². The summed E-state index contributed by atoms with van der Waals surface area (Å²) in [7, 11) is 0. The molecule has 0 heterocycles. The number of ketones is 1. The van der Waals surface area contributed by atoms with Crippen molar-refractivity contribution in [3.05, 3.63) is 77.9 Å². The van der Waals surface area contributed by atoms with Gasteiger partial charge in [-0.3, -0.25) is 0 Å². The molecule has 128 valence electrons. The summed E-state index contributed by atoms with van der Waals surface area (Å²) in [6.07, 6.45) is 0. The second kappa shape index (κ2) is 9.26. The first kappa shape index (κ1) is 19.1. The molecular formula is C19H14FeO4-6. The molecule has 0 aliphatic heterocycles. The van der Waals surface area contributed by atoms with Crippen LogP contribution in [0.2, 0.25) is 0 Å². The van der Waals surface area contributed by atoms with Crippen molar-refractivity contribution in [1.29, 1.82) is 0 Å². The first-order chi connectivity index (χ1) is 11.1. The van der Waals surface area contributed by atoms with Crippen molar-refractivity contribution in [3.63, 3.8) is 0 Å². The van der Waals surface area contributed by atoms with Crippen LogP contribution in [0.4, 0.5) is 0 Å². The molecular weight excluding hydrogens is 348 g/mol. The third-order valence-electron chi connectivity index (χ3n) is 2.86. The fourth-order valence-corrected chi connectivity index (χ4v) is 1.76. The Morgan fingerprint density at radius 2 is 1.38 bits per heavy atom. The molecule has 0 atom stereocenters. The summed E-state index contributed by atoms with van der Waals surface area (Å²) in [5.74, 6) is 3.25. The topological polar surface area (TPSA) is 77.8 Å². The Labute approximate surface area is 150 Å². The third kappa shape index (κ3) is 5.36. The van der Waals surface area contributed by atoms with E-state index in [1.165, 1.54) is 0 Å². The van der Waals surface area contributed by atoms with E-state index in [0.29, 0.717) is 5.56 Å². The summed E-state index contributed by atoms with van der Waals surface area (Å²) in [6, 6.07) is 18.7. The first-order valence-electron chi connectivity index (χ1n) is 6.77. The van der Waals surface area contributed by atoms with Gasteiger partial charge in [0.1, 0.15) is 23.0 Å². The van der Waals surface area contributed by atoms with Gasteiger partial charge in [0.2, 0.25) is 0 Å². The molecule has 0 amide bonds. The predicted octanol–water partition coefficient (Wildman–Crippen LogP) is 3.16. The van der Waals surface area contributed by atoms with Crippen molar-refractivity contribution in [3.8, 4) is 29.1 Å². The first-order valence-corrected chi connectivity index (χ1v) is 6.77. The van der Waals surface area contributed by atoms with E-state index in [1.807, 2.05) is 30.3 Å². The number of hydrogen-bond donors (Lipinski definition) is 3. The number of hydrogen-bond acceptors (Lipinski definition) is 4. The van der Waals surface area contributed by atoms with Crippen LogP contribution in [0.15, 0.2) is 66.7 Å². The van der Waals surface area contributed by atoms with Crippen LogP contribution in [0, 0.1) is 11.8 Å². The normalized spacial score (nSPS) is 8.83. The quantitative estimate of drug-likeness (QED) is 0.269. The summed E-state index contributed by atoms with van der Waals surface area (Å²) in [4.78, 5) is 11.6. The summed E-state index contributed by atoms with van der Waals surface area (Å²) >= 11 is 0. The fourth-order valence-electron chi connectivity index (χ4n) is 1.76. The minimum Gasteiger partial charge on any atom is -0.748 e. The number of benzene rings is 1. The molecule has 3 aromatic rings. The van der Waals surface area contributed by atoms with Crippen LogP contribution in [-0.2, 0) is 17.1 Å². The van der Waals surface area contributed by atoms with Gasteiger partial charge in [0, 0.05) is 29.2 Å². The molecule has 0 saturated heterocycles. The number of aromatic hydroxyl groups is 3. The summed E-state index contributed by atoms with van der Waals surface area (Å²) < 4.78 is 0. The molecule has 0 radical (unpaired) electrons. The molecule has 0 spiro atoms. The number of Topliss-reactive ketones (excluding diaryl/α,β-unsaturated/α-hetero) is 1. The van der Waals surface area contributed by atoms with E-state index in [1.54, 1.807) is 24.3 Å². The zero-order chi connectivity index (χ0) is 16.7. The SMILES string of the molecule is O=C(C#Cc1c(O)cc(O)cc1O)[c-]1cccc1.[Fe].[cH-]1[cH-][cH-][cH-][cH-]1. The second-order valence-electron chi connectivity index (χ2n) is 4.57. The number of phenolic OH excluding ortho intramolecular Hbond substituents is 3. The molecule has 24 heavy (non-hydrogen) atoms. The Morgan fingerprint density at radius 3 is 1.83 bits per heavy atom. The van der Waals surface area contributed by atoms with Gasteiger partial charge in [0.05, 0.1) is 5.56 Å². The van der Waals surface area contributed by atoms with Gasteiger partial charge < -0.3 is 50.4 Å². The predicted molar refractivity (Wildman–Crippen MR) is 86.7 cm³/mol. The van der Waals surface area contributed by atoms with Crippen molar-refractivity contribution in [2.45, 2.75) is 0 Å². The standard InChI is InChI=1S/C14H9O4.C5H5.Fe/c15-10-7-13(17)11(14(18)8-10)5-6-12(16)9-3-1-2-4-9;1-2-4-5-3-1;/h1-4,7-8,15,17-18H;1-5H;/q-1;-5;. The molecule has 0 aliphatic rings. The third-order valence-corrected chi connectivity index (χ3v) is 2.86. The molecule has 3 N–H and O–H groups in total. The summed E-state index contributed by atoms with van der Waals surface area (Å²) in [5, 5.41) is 28.1. The smallest absolute Gasteiger partial charge is 0.146 e. The maximum Gasteiger partial charge on any atom is 0.146 e. The van der Waals surface area contributed by atoms with Crippen LogP contribution < -0.4 is 0 Å². The second-order valence-corrected chi connectivity index (χ2v) is 4.57. The summed E-state index contributed by atoms with van der Waals surface area (Å²) in [5.41, 5.74) is 0.355. The van der Waals surface area contributed by atoms with Crippen LogP contribution in [0.25, 0.3) is 0 Å². The van der Waals surface area contributed by atoms with Crippen LogP contribution in [0.5, 0.6) is 17.2 Å². The Bertz CT molecular complexity index is 782. The van der Waals surface area contributed by atoms with Gasteiger partial charge >= 0.3 is 0 Å². The number of carbonyl (C=O) groups is 1. The van der Waals surface area contributed by atoms with E-state index < -0.39 is 5.78 Å². The fraction of sp³-hybridized carbons (Fsp3) is 0. The Kier molecular flexibility index (Phi) is 7.38.